The van der Waals surface area contributed by atoms with Gasteiger partial charge in [-0.1, -0.05) is 11.3 Å². The first kappa shape index (κ1) is 16.2. The molecule has 0 spiro atoms. The van der Waals surface area contributed by atoms with Gasteiger partial charge >= 0.3 is 6.18 Å². The maximum atomic E-state index is 13.7. The van der Waals surface area contributed by atoms with E-state index in [0.717, 1.165) is 10.6 Å². The number of aliphatic hydroxyl groups excluding tert-OH is 1. The number of thiazole rings is 1. The molecule has 0 fully saturated rings. The quantitative estimate of drug-likeness (QED) is 0.706. The van der Waals surface area contributed by atoms with Crippen molar-refractivity contribution in [3.63, 3.8) is 0 Å². The Morgan fingerprint density at radius 2 is 1.95 bits per heavy atom. The number of hydrogen-bond donors (Lipinski definition) is 2. The third kappa shape index (κ3) is 2.33. The molecule has 0 amide bonds. The van der Waals surface area contributed by atoms with Crippen LogP contribution >= 0.6 is 23.7 Å². The Morgan fingerprint density at radius 1 is 1.33 bits per heavy atom. The fourth-order valence-corrected chi connectivity index (χ4v) is 3.29. The Kier molecular flexibility index (Phi) is 3.59. The van der Waals surface area contributed by atoms with Crippen LogP contribution < -0.4 is 4.80 Å². The van der Waals surface area contributed by atoms with E-state index in [0.29, 0.717) is 17.4 Å². The van der Waals surface area contributed by atoms with Crippen molar-refractivity contribution in [1.29, 1.82) is 5.41 Å². The molecule has 10 heteroatoms. The van der Waals surface area contributed by atoms with Gasteiger partial charge in [-0.05, 0) is 12.1 Å². The van der Waals surface area contributed by atoms with Crippen LogP contribution in [0, 0.1) is 5.41 Å². The standard InChI is InChI=1S/C11H7F5N2OS.ClH/c12-10(13)3-18-7-5(8(10)19)1-4(11(14,15)16)2-6(7)20-9(18)17;/h1-2,8,17,19H,3H2;1H/t8-;/m1./s1. The summed E-state index contributed by atoms with van der Waals surface area (Å²) in [5.74, 6) is -3.61. The highest BCUT2D eigenvalue weighted by atomic mass is 35.5. The number of aromatic nitrogens is 1. The van der Waals surface area contributed by atoms with Gasteiger partial charge in [0.1, 0.15) is 6.10 Å². The largest absolute Gasteiger partial charge is 0.416 e. The molecule has 0 saturated carbocycles. The molecule has 3 rings (SSSR count). The highest BCUT2D eigenvalue weighted by Gasteiger charge is 2.46. The van der Waals surface area contributed by atoms with E-state index in [2.05, 4.69) is 0 Å². The minimum atomic E-state index is -4.70. The molecule has 1 aromatic carbocycles. The smallest absolute Gasteiger partial charge is 0.382 e. The molecule has 1 aromatic heterocycles. The molecule has 0 unspecified atom stereocenters. The molecule has 21 heavy (non-hydrogen) atoms. The summed E-state index contributed by atoms with van der Waals surface area (Å²) in [7, 11) is 0. The fraction of sp³-hybridized carbons (Fsp3) is 0.364. The van der Waals surface area contributed by atoms with Crippen molar-refractivity contribution in [2.75, 3.05) is 0 Å². The number of aliphatic hydroxyl groups is 1. The van der Waals surface area contributed by atoms with Gasteiger partial charge in [0.25, 0.3) is 5.92 Å². The van der Waals surface area contributed by atoms with E-state index < -0.39 is 35.9 Å². The van der Waals surface area contributed by atoms with Crippen LogP contribution in [0.5, 0.6) is 0 Å². The molecular formula is C11H8ClF5N2OS. The summed E-state index contributed by atoms with van der Waals surface area (Å²) in [6.07, 6.45) is -7.00. The number of alkyl halides is 5. The van der Waals surface area contributed by atoms with Crippen molar-refractivity contribution in [1.82, 2.24) is 4.57 Å². The molecule has 2 heterocycles. The third-order valence-corrected chi connectivity index (χ3v) is 4.16. The second-order valence-electron chi connectivity index (χ2n) is 4.57. The minimum absolute atomic E-state index is 0. The van der Waals surface area contributed by atoms with Crippen molar-refractivity contribution < 1.29 is 27.1 Å². The lowest BCUT2D eigenvalue weighted by Crippen LogP contribution is -2.38. The lowest BCUT2D eigenvalue weighted by molar-refractivity contribution is -0.139. The van der Waals surface area contributed by atoms with Crippen molar-refractivity contribution in [2.45, 2.75) is 24.7 Å². The molecule has 0 aliphatic carbocycles. The Balaban J connectivity index is 0.00000161. The lowest BCUT2D eigenvalue weighted by atomic mass is 9.96. The van der Waals surface area contributed by atoms with E-state index in [1.807, 2.05) is 0 Å². The van der Waals surface area contributed by atoms with E-state index in [9.17, 15) is 27.1 Å². The zero-order chi connectivity index (χ0) is 14.9. The molecular weight excluding hydrogens is 339 g/mol. The van der Waals surface area contributed by atoms with Gasteiger partial charge in [-0.2, -0.15) is 13.2 Å². The average molecular weight is 347 g/mol. The molecule has 1 aliphatic heterocycles. The van der Waals surface area contributed by atoms with Crippen LogP contribution in [0.25, 0.3) is 10.2 Å². The van der Waals surface area contributed by atoms with Crippen molar-refractivity contribution >= 4 is 34.0 Å². The molecule has 0 saturated heterocycles. The minimum Gasteiger partial charge on any atom is -0.382 e. The zero-order valence-electron chi connectivity index (χ0n) is 10.0. The van der Waals surface area contributed by atoms with Crippen LogP contribution in [0.1, 0.15) is 17.2 Å². The molecule has 2 N–H and O–H groups in total. The maximum Gasteiger partial charge on any atom is 0.416 e. The lowest BCUT2D eigenvalue weighted by Gasteiger charge is -2.29. The maximum absolute atomic E-state index is 13.7. The van der Waals surface area contributed by atoms with Crippen molar-refractivity contribution in [3.8, 4) is 0 Å². The summed E-state index contributed by atoms with van der Waals surface area (Å²) >= 11 is 0.676. The number of benzene rings is 1. The van der Waals surface area contributed by atoms with E-state index in [1.165, 1.54) is 0 Å². The van der Waals surface area contributed by atoms with E-state index in [4.69, 9.17) is 5.41 Å². The van der Waals surface area contributed by atoms with E-state index in [-0.39, 0.29) is 27.4 Å². The SMILES string of the molecule is Cl.N=c1sc2cc(C(F)(F)F)cc3c2n1CC(F)(F)[C@@H]3O. The summed E-state index contributed by atoms with van der Waals surface area (Å²) < 4.78 is 66.6. The first-order chi connectivity index (χ1) is 9.11. The number of nitrogens with zero attached hydrogens (tertiary/aromatic N) is 1. The van der Waals surface area contributed by atoms with Crippen LogP contribution in [0.15, 0.2) is 12.1 Å². The van der Waals surface area contributed by atoms with Gasteiger partial charge in [-0.25, -0.2) is 8.78 Å². The monoisotopic (exact) mass is 346 g/mol. The second kappa shape index (κ2) is 4.65. The van der Waals surface area contributed by atoms with Crippen molar-refractivity contribution in [3.05, 3.63) is 28.1 Å². The van der Waals surface area contributed by atoms with Crippen LogP contribution in [-0.2, 0) is 12.7 Å². The van der Waals surface area contributed by atoms with Crippen molar-refractivity contribution in [2.24, 2.45) is 0 Å². The van der Waals surface area contributed by atoms with Crippen LogP contribution in [0.2, 0.25) is 0 Å². The number of hydrogen-bond acceptors (Lipinski definition) is 3. The Bertz CT molecular complexity index is 766. The predicted molar refractivity (Wildman–Crippen MR) is 67.8 cm³/mol. The molecule has 116 valence electrons. The van der Waals surface area contributed by atoms with Gasteiger partial charge in [0.2, 0.25) is 0 Å². The van der Waals surface area contributed by atoms with Gasteiger partial charge < -0.3 is 9.67 Å². The second-order valence-corrected chi connectivity index (χ2v) is 5.60. The predicted octanol–water partition coefficient (Wildman–Crippen LogP) is 3.31. The van der Waals surface area contributed by atoms with Crippen LogP contribution in [-0.4, -0.2) is 15.6 Å². The first-order valence-corrected chi connectivity index (χ1v) is 6.28. The molecule has 0 radical (unpaired) electrons. The summed E-state index contributed by atoms with van der Waals surface area (Å²) in [4.78, 5) is -0.271. The highest BCUT2D eigenvalue weighted by molar-refractivity contribution is 7.16. The molecule has 3 nitrogen and oxygen atoms in total. The summed E-state index contributed by atoms with van der Waals surface area (Å²) in [6.45, 7) is -0.911. The Morgan fingerprint density at radius 3 is 2.52 bits per heavy atom. The van der Waals surface area contributed by atoms with Gasteiger partial charge in [0.05, 0.1) is 22.3 Å². The topological polar surface area (TPSA) is 49.0 Å². The fourth-order valence-electron chi connectivity index (χ4n) is 2.30. The Labute approximate surface area is 124 Å². The highest BCUT2D eigenvalue weighted by Crippen LogP contribution is 2.44. The normalized spacial score (nSPS) is 20.4. The van der Waals surface area contributed by atoms with E-state index >= 15 is 0 Å². The van der Waals surface area contributed by atoms with Gasteiger partial charge in [0.15, 0.2) is 4.80 Å². The van der Waals surface area contributed by atoms with Gasteiger partial charge in [-0.15, -0.1) is 12.4 Å². The van der Waals surface area contributed by atoms with Gasteiger partial charge in [-0.3, -0.25) is 5.41 Å². The molecule has 0 bridgehead atoms. The molecule has 1 atom stereocenters. The number of halogens is 6. The molecule has 1 aliphatic rings. The first-order valence-electron chi connectivity index (χ1n) is 5.46. The number of nitrogens with one attached hydrogen (secondary N) is 1. The summed E-state index contributed by atoms with van der Waals surface area (Å²) in [6, 6.07) is 1.34. The summed E-state index contributed by atoms with van der Waals surface area (Å²) in [5.41, 5.74) is -1.52. The number of rotatable bonds is 0. The van der Waals surface area contributed by atoms with Crippen LogP contribution in [0.4, 0.5) is 22.0 Å². The third-order valence-electron chi connectivity index (χ3n) is 3.22. The zero-order valence-corrected chi connectivity index (χ0v) is 11.7. The van der Waals surface area contributed by atoms with Gasteiger partial charge in [0, 0.05) is 5.56 Å². The average Bonchev–Trinajstić information content (AvgIpc) is 2.61. The Hall–Kier alpha value is -1.19. The van der Waals surface area contributed by atoms with E-state index in [1.54, 1.807) is 0 Å². The summed E-state index contributed by atoms with van der Waals surface area (Å²) in [5, 5.41) is 17.2. The molecule has 2 aromatic rings. The van der Waals surface area contributed by atoms with Crippen LogP contribution in [0.3, 0.4) is 0 Å².